The smallest absolute Gasteiger partial charge is 0.224 e. The minimum atomic E-state index is 0.130. The highest BCUT2D eigenvalue weighted by molar-refractivity contribution is 5.77. The lowest BCUT2D eigenvalue weighted by atomic mass is 10.2. The van der Waals surface area contributed by atoms with Crippen molar-refractivity contribution >= 4 is 5.91 Å². The van der Waals surface area contributed by atoms with E-state index in [1.807, 2.05) is 27.7 Å². The molecule has 2 nitrogen and oxygen atoms in total. The molecule has 0 saturated carbocycles. The van der Waals surface area contributed by atoms with E-state index in [4.69, 9.17) is 0 Å². The van der Waals surface area contributed by atoms with Gasteiger partial charge >= 0.3 is 0 Å². The molecule has 2 heteroatoms. The molecule has 0 rings (SSSR count). The maximum absolute atomic E-state index is 10.8. The second-order valence-corrected chi connectivity index (χ2v) is 2.39. The van der Waals surface area contributed by atoms with Gasteiger partial charge in [-0.2, -0.15) is 0 Å². The lowest BCUT2D eigenvalue weighted by molar-refractivity contribution is -0.131. The predicted molar refractivity (Wildman–Crippen MR) is 44.9 cm³/mol. The summed E-state index contributed by atoms with van der Waals surface area (Å²) in [5.74, 6) is 0.315. The van der Waals surface area contributed by atoms with Crippen LogP contribution in [0.15, 0.2) is 0 Å². The second kappa shape index (κ2) is 6.59. The van der Waals surface area contributed by atoms with Crippen LogP contribution < -0.4 is 0 Å². The summed E-state index contributed by atoms with van der Waals surface area (Å²) in [6.07, 6.45) is 0. The van der Waals surface area contributed by atoms with Crippen molar-refractivity contribution in [2.75, 3.05) is 14.1 Å². The number of carbonyl (C=O) groups is 1. The third-order valence-corrected chi connectivity index (χ3v) is 0.935. The van der Waals surface area contributed by atoms with Crippen LogP contribution in [0.25, 0.3) is 0 Å². The summed E-state index contributed by atoms with van der Waals surface area (Å²) in [6, 6.07) is 0. The fourth-order valence-electron chi connectivity index (χ4n) is 0.516. The van der Waals surface area contributed by atoms with Gasteiger partial charge in [-0.3, -0.25) is 4.79 Å². The van der Waals surface area contributed by atoms with Gasteiger partial charge in [0.2, 0.25) is 5.91 Å². The Kier molecular flexibility index (Phi) is 8.02. The SMILES string of the molecule is CC.CC(C)C(=O)N(C)C. The molecule has 0 aliphatic rings. The number of hydrogen-bond acceptors (Lipinski definition) is 1. The van der Waals surface area contributed by atoms with Gasteiger partial charge in [-0.1, -0.05) is 27.7 Å². The molecular weight excluding hydrogens is 126 g/mol. The minimum absolute atomic E-state index is 0.130. The Balaban J connectivity index is 0. The average Bonchev–Trinajstić information content (AvgIpc) is 1.90. The number of nitrogens with zero attached hydrogens (tertiary/aromatic N) is 1. The molecule has 10 heavy (non-hydrogen) atoms. The topological polar surface area (TPSA) is 20.3 Å². The molecule has 0 unspecified atom stereocenters. The highest BCUT2D eigenvalue weighted by Crippen LogP contribution is 1.94. The summed E-state index contributed by atoms with van der Waals surface area (Å²) in [5.41, 5.74) is 0. The average molecular weight is 145 g/mol. The Morgan fingerprint density at radius 3 is 1.50 bits per heavy atom. The molecule has 0 atom stereocenters. The van der Waals surface area contributed by atoms with E-state index >= 15 is 0 Å². The van der Waals surface area contributed by atoms with Crippen LogP contribution in [-0.4, -0.2) is 24.9 Å². The summed E-state index contributed by atoms with van der Waals surface area (Å²) in [7, 11) is 3.53. The van der Waals surface area contributed by atoms with E-state index in [2.05, 4.69) is 0 Å². The molecule has 0 N–H and O–H groups in total. The van der Waals surface area contributed by atoms with E-state index in [1.54, 1.807) is 19.0 Å². The van der Waals surface area contributed by atoms with Gasteiger partial charge < -0.3 is 4.90 Å². The van der Waals surface area contributed by atoms with E-state index < -0.39 is 0 Å². The molecule has 0 fully saturated rings. The van der Waals surface area contributed by atoms with E-state index in [0.717, 1.165) is 0 Å². The molecule has 0 aromatic heterocycles. The van der Waals surface area contributed by atoms with Gasteiger partial charge in [0.15, 0.2) is 0 Å². The Morgan fingerprint density at radius 1 is 1.20 bits per heavy atom. The number of rotatable bonds is 1. The molecule has 0 saturated heterocycles. The largest absolute Gasteiger partial charge is 0.349 e. The van der Waals surface area contributed by atoms with Gasteiger partial charge in [-0.25, -0.2) is 0 Å². The lowest BCUT2D eigenvalue weighted by Gasteiger charge is -2.11. The molecule has 62 valence electrons. The van der Waals surface area contributed by atoms with Crippen LogP contribution in [0.5, 0.6) is 0 Å². The highest BCUT2D eigenvalue weighted by Gasteiger charge is 2.06. The van der Waals surface area contributed by atoms with Crippen molar-refractivity contribution < 1.29 is 4.79 Å². The van der Waals surface area contributed by atoms with Crippen LogP contribution in [-0.2, 0) is 4.79 Å². The van der Waals surface area contributed by atoms with Gasteiger partial charge in [0, 0.05) is 20.0 Å². The lowest BCUT2D eigenvalue weighted by Crippen LogP contribution is -2.26. The van der Waals surface area contributed by atoms with Gasteiger partial charge in [-0.05, 0) is 0 Å². The normalized spacial score (nSPS) is 8.30. The molecule has 0 aliphatic heterocycles. The molecule has 0 radical (unpaired) electrons. The van der Waals surface area contributed by atoms with Crippen molar-refractivity contribution in [3.05, 3.63) is 0 Å². The van der Waals surface area contributed by atoms with Gasteiger partial charge in [0.25, 0.3) is 0 Å². The summed E-state index contributed by atoms with van der Waals surface area (Å²) >= 11 is 0. The maximum Gasteiger partial charge on any atom is 0.224 e. The monoisotopic (exact) mass is 145 g/mol. The van der Waals surface area contributed by atoms with Crippen LogP contribution in [0.1, 0.15) is 27.7 Å². The van der Waals surface area contributed by atoms with Gasteiger partial charge in [0.05, 0.1) is 0 Å². The maximum atomic E-state index is 10.8. The van der Waals surface area contributed by atoms with Crippen molar-refractivity contribution in [2.45, 2.75) is 27.7 Å². The second-order valence-electron chi connectivity index (χ2n) is 2.39. The molecule has 0 aliphatic carbocycles. The van der Waals surface area contributed by atoms with Crippen molar-refractivity contribution in [3.8, 4) is 0 Å². The Bertz CT molecular complexity index is 77.3. The molecular formula is C8H19NO. The fraction of sp³-hybridized carbons (Fsp3) is 0.875. The first-order valence-corrected chi connectivity index (χ1v) is 3.77. The number of hydrogen-bond donors (Lipinski definition) is 0. The third kappa shape index (κ3) is 5.60. The van der Waals surface area contributed by atoms with Crippen molar-refractivity contribution in [1.29, 1.82) is 0 Å². The fourth-order valence-corrected chi connectivity index (χ4v) is 0.516. The Morgan fingerprint density at radius 2 is 1.50 bits per heavy atom. The standard InChI is InChI=1S/C6H13NO.C2H6/c1-5(2)6(8)7(3)4;1-2/h5H,1-4H3;1-2H3. The zero-order valence-corrected chi connectivity index (χ0v) is 7.93. The number of carbonyl (C=O) groups excluding carboxylic acids is 1. The van der Waals surface area contributed by atoms with Crippen LogP contribution in [0.4, 0.5) is 0 Å². The number of amides is 1. The van der Waals surface area contributed by atoms with Crippen molar-refractivity contribution in [2.24, 2.45) is 5.92 Å². The molecule has 1 amide bonds. The zero-order chi connectivity index (χ0) is 8.73. The molecule has 0 bridgehead atoms. The Hall–Kier alpha value is -0.530. The van der Waals surface area contributed by atoms with Crippen LogP contribution in [0, 0.1) is 5.92 Å². The summed E-state index contributed by atoms with van der Waals surface area (Å²) in [5, 5.41) is 0. The van der Waals surface area contributed by atoms with E-state index in [1.165, 1.54) is 0 Å². The predicted octanol–water partition coefficient (Wildman–Crippen LogP) is 1.76. The van der Waals surface area contributed by atoms with Gasteiger partial charge in [0.1, 0.15) is 0 Å². The molecule has 0 aromatic carbocycles. The summed E-state index contributed by atoms with van der Waals surface area (Å²) in [6.45, 7) is 7.78. The third-order valence-electron chi connectivity index (χ3n) is 0.935. The first-order chi connectivity index (χ1) is 4.55. The quantitative estimate of drug-likeness (QED) is 0.550. The molecule has 0 heterocycles. The first-order valence-electron chi connectivity index (χ1n) is 3.77. The van der Waals surface area contributed by atoms with Crippen LogP contribution in [0.2, 0.25) is 0 Å². The van der Waals surface area contributed by atoms with E-state index in [0.29, 0.717) is 0 Å². The Labute approximate surface area is 64.2 Å². The van der Waals surface area contributed by atoms with E-state index in [9.17, 15) is 4.79 Å². The molecule has 0 aromatic rings. The van der Waals surface area contributed by atoms with Crippen molar-refractivity contribution in [3.63, 3.8) is 0 Å². The van der Waals surface area contributed by atoms with Gasteiger partial charge in [-0.15, -0.1) is 0 Å². The van der Waals surface area contributed by atoms with Crippen LogP contribution >= 0.6 is 0 Å². The summed E-state index contributed by atoms with van der Waals surface area (Å²) in [4.78, 5) is 12.4. The summed E-state index contributed by atoms with van der Waals surface area (Å²) < 4.78 is 0. The first kappa shape index (κ1) is 12.2. The zero-order valence-electron chi connectivity index (χ0n) is 7.93. The molecule has 0 spiro atoms. The van der Waals surface area contributed by atoms with Crippen LogP contribution in [0.3, 0.4) is 0 Å². The minimum Gasteiger partial charge on any atom is -0.349 e. The highest BCUT2D eigenvalue weighted by atomic mass is 16.2. The van der Waals surface area contributed by atoms with E-state index in [-0.39, 0.29) is 11.8 Å². The van der Waals surface area contributed by atoms with Crippen molar-refractivity contribution in [1.82, 2.24) is 4.90 Å².